The maximum Gasteiger partial charge on any atom is 0.0238 e. The molecule has 1 heterocycles. The Morgan fingerprint density at radius 1 is 0.327 bits per heavy atom. The highest BCUT2D eigenvalue weighted by Gasteiger charge is 2.44. The highest BCUT2D eigenvalue weighted by molar-refractivity contribution is 7.99. The molecule has 0 bridgehead atoms. The normalized spacial score (nSPS) is 14.8. The van der Waals surface area contributed by atoms with Crippen molar-refractivity contribution < 1.29 is 0 Å². The molecule has 0 amide bonds. The largest absolute Gasteiger partial charge is 0.0888 e. The number of hydrogen-bond acceptors (Lipinski definition) is 1. The minimum absolute atomic E-state index is 0.0590. The van der Waals surface area contributed by atoms with E-state index >= 15 is 0 Å². The summed E-state index contributed by atoms with van der Waals surface area (Å²) in [5, 5.41) is 15.3. The van der Waals surface area contributed by atoms with Crippen molar-refractivity contribution in [3.63, 3.8) is 0 Å². The van der Waals surface area contributed by atoms with Gasteiger partial charge in [-0.2, -0.15) is 0 Å². The molecule has 0 nitrogen and oxygen atoms in total. The minimum Gasteiger partial charge on any atom is -0.0888 e. The molecule has 8 aromatic carbocycles. The van der Waals surface area contributed by atoms with Gasteiger partial charge in [-0.05, 0) is 121 Å². The minimum atomic E-state index is -0.0977. The lowest BCUT2D eigenvalue weighted by atomic mass is 9.61. The van der Waals surface area contributed by atoms with E-state index in [1.54, 1.807) is 0 Å². The first-order valence-corrected chi connectivity index (χ1v) is 20.3. The topological polar surface area (TPSA) is 0 Å². The lowest BCUT2D eigenvalue weighted by Crippen LogP contribution is -2.40. The van der Waals surface area contributed by atoms with Crippen molar-refractivity contribution >= 4 is 76.4 Å². The summed E-state index contributed by atoms with van der Waals surface area (Å²) in [6.45, 7) is 9.71. The van der Waals surface area contributed by atoms with Gasteiger partial charge in [-0.25, -0.2) is 0 Å². The van der Waals surface area contributed by atoms with E-state index in [2.05, 4.69) is 198 Å². The predicted octanol–water partition coefficient (Wildman–Crippen LogP) is 15.7. The van der Waals surface area contributed by atoms with Crippen LogP contribution in [0, 0.1) is 0 Å². The Balaban J connectivity index is 1.34. The highest BCUT2D eigenvalue weighted by Crippen LogP contribution is 2.56. The summed E-state index contributed by atoms with van der Waals surface area (Å²) in [5.74, 6) is 0. The van der Waals surface area contributed by atoms with Crippen LogP contribution in [0.4, 0.5) is 0 Å². The second-order valence-corrected chi connectivity index (χ2v) is 17.4. The Morgan fingerprint density at radius 2 is 0.709 bits per heavy atom. The molecule has 1 heteroatoms. The number of fused-ring (bicyclic) bond motifs is 12. The molecular formula is C54H40S. The Morgan fingerprint density at radius 3 is 1.25 bits per heavy atom. The van der Waals surface area contributed by atoms with Crippen molar-refractivity contribution in [1.29, 1.82) is 0 Å². The average Bonchev–Trinajstić information content (AvgIpc) is 3.28. The van der Waals surface area contributed by atoms with E-state index in [9.17, 15) is 0 Å². The lowest BCUT2D eigenvalue weighted by Gasteiger charge is -2.42. The van der Waals surface area contributed by atoms with Crippen LogP contribution in [-0.4, -0.2) is 0 Å². The van der Waals surface area contributed by atoms with Crippen LogP contribution in [0.2, 0.25) is 0 Å². The number of rotatable bonds is 1. The standard InChI is InChI=1S/C54H40S/c1-53(2)47-27-11-12-29-49(47)55-52-34(22-15-28-48(52)54(53,3)4)33-30-31-41-37-18-7-10-21-40(37)43-24-13-23-42-38-19-8-5-16-35(38)36-17-6-9-20-39(36)44-25-14-26-45(46(41)32-33)51(44)50(42)43/h5-32H,1-4H3. The second-order valence-electron chi connectivity index (χ2n) is 16.4. The Labute approximate surface area is 326 Å². The van der Waals surface area contributed by atoms with Crippen molar-refractivity contribution in [3.05, 3.63) is 181 Å². The summed E-state index contributed by atoms with van der Waals surface area (Å²) < 4.78 is 0. The fourth-order valence-electron chi connectivity index (χ4n) is 9.79. The monoisotopic (exact) mass is 720 g/mol. The second kappa shape index (κ2) is 11.8. The van der Waals surface area contributed by atoms with Gasteiger partial charge in [0.05, 0.1) is 0 Å². The van der Waals surface area contributed by atoms with Crippen molar-refractivity contribution in [2.45, 2.75) is 48.3 Å². The first kappa shape index (κ1) is 32.5. The molecule has 8 aromatic rings. The summed E-state index contributed by atoms with van der Waals surface area (Å²) in [5.41, 5.74) is 7.82. The lowest BCUT2D eigenvalue weighted by molar-refractivity contribution is 0.296. The SMILES string of the molecule is CC1(C)c2ccccc2Sc2c(-c3ccc4c(c3)c3cccc5c3-c3c(cccc3c3ccccc34)c3ccccc3c3ccccc53)cccc2C1(C)C. The number of benzene rings is 8. The van der Waals surface area contributed by atoms with E-state index in [-0.39, 0.29) is 10.8 Å². The van der Waals surface area contributed by atoms with Crippen LogP contribution in [0.1, 0.15) is 38.8 Å². The molecule has 0 saturated heterocycles. The zero-order valence-electron chi connectivity index (χ0n) is 31.6. The highest BCUT2D eigenvalue weighted by atomic mass is 32.2. The molecule has 11 rings (SSSR count). The van der Waals surface area contributed by atoms with Gasteiger partial charge in [-0.15, -0.1) is 0 Å². The van der Waals surface area contributed by atoms with Gasteiger partial charge in [0.1, 0.15) is 0 Å². The average molecular weight is 721 g/mol. The Bertz CT molecular complexity index is 3230. The third-order valence-corrected chi connectivity index (χ3v) is 14.5. The molecule has 55 heavy (non-hydrogen) atoms. The van der Waals surface area contributed by atoms with E-state index in [1.807, 2.05) is 11.8 Å². The third kappa shape index (κ3) is 4.54. The Kier molecular flexibility index (Phi) is 6.98. The summed E-state index contributed by atoms with van der Waals surface area (Å²) in [7, 11) is 0. The van der Waals surface area contributed by atoms with Crippen LogP contribution in [0.3, 0.4) is 0 Å². The van der Waals surface area contributed by atoms with E-state index in [0.29, 0.717) is 0 Å². The van der Waals surface area contributed by atoms with Gasteiger partial charge in [-0.1, -0.05) is 197 Å². The summed E-state index contributed by atoms with van der Waals surface area (Å²) in [6, 6.07) is 64.2. The Hall–Kier alpha value is -5.89. The molecule has 0 saturated carbocycles. The van der Waals surface area contributed by atoms with E-state index in [0.717, 1.165) is 0 Å². The van der Waals surface area contributed by atoms with Crippen LogP contribution >= 0.6 is 11.8 Å². The summed E-state index contributed by atoms with van der Waals surface area (Å²) in [6.07, 6.45) is 0. The first-order valence-electron chi connectivity index (χ1n) is 19.4. The van der Waals surface area contributed by atoms with Gasteiger partial charge in [0, 0.05) is 9.79 Å². The van der Waals surface area contributed by atoms with Crippen molar-refractivity contribution in [2.75, 3.05) is 0 Å². The molecule has 3 aliphatic rings. The fourth-order valence-corrected chi connectivity index (χ4v) is 11.3. The van der Waals surface area contributed by atoms with Gasteiger partial charge in [0.2, 0.25) is 0 Å². The molecule has 0 spiro atoms. The third-order valence-electron chi connectivity index (χ3n) is 13.3. The quantitative estimate of drug-likeness (QED) is 0.163. The maximum absolute atomic E-state index is 2.50. The summed E-state index contributed by atoms with van der Waals surface area (Å²) in [4.78, 5) is 2.71. The molecule has 1 aliphatic heterocycles. The zero-order chi connectivity index (χ0) is 37.1. The molecule has 0 aromatic heterocycles. The molecule has 0 unspecified atom stereocenters. The molecule has 0 radical (unpaired) electrons. The molecular weight excluding hydrogens is 681 g/mol. The van der Waals surface area contributed by atoms with Gasteiger partial charge < -0.3 is 0 Å². The maximum atomic E-state index is 2.50. The van der Waals surface area contributed by atoms with Crippen LogP contribution in [-0.2, 0) is 10.8 Å². The van der Waals surface area contributed by atoms with Crippen LogP contribution in [0.5, 0.6) is 0 Å². The summed E-state index contributed by atoms with van der Waals surface area (Å²) >= 11 is 1.94. The van der Waals surface area contributed by atoms with E-state index in [4.69, 9.17) is 0 Å². The van der Waals surface area contributed by atoms with Crippen LogP contribution in [0.15, 0.2) is 180 Å². The molecule has 262 valence electrons. The van der Waals surface area contributed by atoms with Crippen LogP contribution < -0.4 is 0 Å². The van der Waals surface area contributed by atoms with Gasteiger partial charge in [-0.3, -0.25) is 0 Å². The van der Waals surface area contributed by atoms with Gasteiger partial charge >= 0.3 is 0 Å². The van der Waals surface area contributed by atoms with Crippen molar-refractivity contribution in [3.8, 4) is 22.3 Å². The van der Waals surface area contributed by atoms with Crippen molar-refractivity contribution in [1.82, 2.24) is 0 Å². The molecule has 0 N–H and O–H groups in total. The fraction of sp³-hybridized carbons (Fsp3) is 0.111. The molecule has 2 aliphatic carbocycles. The predicted molar refractivity (Wildman–Crippen MR) is 239 cm³/mol. The molecule has 0 fully saturated rings. The van der Waals surface area contributed by atoms with E-state index < -0.39 is 0 Å². The van der Waals surface area contributed by atoms with Crippen LogP contribution in [0.25, 0.3) is 86.9 Å². The smallest absolute Gasteiger partial charge is 0.0238 e. The zero-order valence-corrected chi connectivity index (χ0v) is 32.4. The van der Waals surface area contributed by atoms with Gasteiger partial charge in [0.15, 0.2) is 0 Å². The molecule has 0 atom stereocenters. The van der Waals surface area contributed by atoms with Crippen molar-refractivity contribution in [2.24, 2.45) is 0 Å². The first-order chi connectivity index (χ1) is 26.8. The number of hydrogen-bond donors (Lipinski definition) is 0. The van der Waals surface area contributed by atoms with Gasteiger partial charge in [0.25, 0.3) is 0 Å². The van der Waals surface area contributed by atoms with E-state index in [1.165, 1.54) is 108 Å².